The molecule has 1 aromatic heterocycles. The van der Waals surface area contributed by atoms with E-state index >= 15 is 0 Å². The molecule has 6 nitrogen and oxygen atoms in total. The molecule has 0 fully saturated rings. The fourth-order valence-corrected chi connectivity index (χ4v) is 2.57. The molecule has 1 aromatic carbocycles. The molecule has 0 saturated heterocycles. The van der Waals surface area contributed by atoms with Crippen molar-refractivity contribution in [3.05, 3.63) is 52.4 Å². The molecule has 0 aliphatic heterocycles. The Hall–Kier alpha value is -2.63. The summed E-state index contributed by atoms with van der Waals surface area (Å²) in [4.78, 5) is 22.9. The van der Waals surface area contributed by atoms with Crippen LogP contribution in [0.15, 0.2) is 28.8 Å². The van der Waals surface area contributed by atoms with Crippen LogP contribution in [0.4, 0.5) is 0 Å². The standard InChI is InChI=1S/C17H20N2O4/c1-10(16-11(2)19-23-12(16)3)18-15(20)9-6-13-4-7-14(8-5-13)17(21)22/h4-5,7-8,10H,6,9H2,1-3H3,(H,18,20)(H,21,22)/t10-/m0/s1. The fourth-order valence-electron chi connectivity index (χ4n) is 2.57. The van der Waals surface area contributed by atoms with E-state index in [4.69, 9.17) is 9.63 Å². The smallest absolute Gasteiger partial charge is 0.335 e. The number of nitrogens with one attached hydrogen (secondary N) is 1. The van der Waals surface area contributed by atoms with Crippen LogP contribution in [0.1, 0.15) is 52.3 Å². The molecule has 0 aliphatic rings. The third-order valence-corrected chi connectivity index (χ3v) is 3.74. The number of amides is 1. The quantitative estimate of drug-likeness (QED) is 0.855. The summed E-state index contributed by atoms with van der Waals surface area (Å²) in [5, 5.41) is 15.7. The van der Waals surface area contributed by atoms with Crippen molar-refractivity contribution in [2.75, 3.05) is 0 Å². The summed E-state index contributed by atoms with van der Waals surface area (Å²) < 4.78 is 5.11. The van der Waals surface area contributed by atoms with Crippen LogP contribution in [0.25, 0.3) is 0 Å². The van der Waals surface area contributed by atoms with E-state index in [0.29, 0.717) is 18.6 Å². The van der Waals surface area contributed by atoms with Crippen LogP contribution in [-0.2, 0) is 11.2 Å². The summed E-state index contributed by atoms with van der Waals surface area (Å²) in [6, 6.07) is 6.38. The summed E-state index contributed by atoms with van der Waals surface area (Å²) in [7, 11) is 0. The molecule has 0 bridgehead atoms. The van der Waals surface area contributed by atoms with Crippen LogP contribution in [0.2, 0.25) is 0 Å². The second-order valence-electron chi connectivity index (χ2n) is 5.53. The van der Waals surface area contributed by atoms with Gasteiger partial charge in [0.05, 0.1) is 17.3 Å². The number of aryl methyl sites for hydroxylation is 3. The molecule has 0 aliphatic carbocycles. The van der Waals surface area contributed by atoms with Crippen molar-refractivity contribution >= 4 is 11.9 Å². The van der Waals surface area contributed by atoms with E-state index in [1.165, 1.54) is 0 Å². The zero-order chi connectivity index (χ0) is 17.0. The second-order valence-corrected chi connectivity index (χ2v) is 5.53. The average Bonchev–Trinajstić information content (AvgIpc) is 2.84. The monoisotopic (exact) mass is 316 g/mol. The molecule has 0 unspecified atom stereocenters. The van der Waals surface area contributed by atoms with Gasteiger partial charge in [0.25, 0.3) is 0 Å². The van der Waals surface area contributed by atoms with Gasteiger partial charge >= 0.3 is 5.97 Å². The number of hydrogen-bond acceptors (Lipinski definition) is 4. The van der Waals surface area contributed by atoms with Gasteiger partial charge in [-0.25, -0.2) is 4.79 Å². The SMILES string of the molecule is Cc1noc(C)c1[C@H](C)NC(=O)CCc1ccc(C(=O)O)cc1. The number of aromatic carboxylic acids is 1. The van der Waals surface area contributed by atoms with Gasteiger partial charge in [-0.15, -0.1) is 0 Å². The molecule has 1 heterocycles. The maximum Gasteiger partial charge on any atom is 0.335 e. The van der Waals surface area contributed by atoms with Gasteiger partial charge in [0.2, 0.25) is 5.91 Å². The second kappa shape index (κ2) is 7.09. The highest BCUT2D eigenvalue weighted by molar-refractivity contribution is 5.87. The van der Waals surface area contributed by atoms with Crippen molar-refractivity contribution in [3.63, 3.8) is 0 Å². The van der Waals surface area contributed by atoms with E-state index < -0.39 is 5.97 Å². The van der Waals surface area contributed by atoms with Gasteiger partial charge in [-0.1, -0.05) is 17.3 Å². The van der Waals surface area contributed by atoms with Crippen LogP contribution in [-0.4, -0.2) is 22.1 Å². The van der Waals surface area contributed by atoms with Gasteiger partial charge in [-0.2, -0.15) is 0 Å². The molecule has 1 amide bonds. The Morgan fingerprint density at radius 3 is 2.43 bits per heavy atom. The molecular formula is C17H20N2O4. The third kappa shape index (κ3) is 4.18. The lowest BCUT2D eigenvalue weighted by Crippen LogP contribution is -2.27. The zero-order valence-electron chi connectivity index (χ0n) is 13.4. The molecule has 0 spiro atoms. The Labute approximate surface area is 134 Å². The Bertz CT molecular complexity index is 684. The summed E-state index contributed by atoms with van der Waals surface area (Å²) in [6.07, 6.45) is 0.889. The van der Waals surface area contributed by atoms with E-state index in [-0.39, 0.29) is 17.5 Å². The molecular weight excluding hydrogens is 296 g/mol. The Balaban J connectivity index is 1.89. The minimum Gasteiger partial charge on any atom is -0.478 e. The first-order chi connectivity index (χ1) is 10.9. The molecule has 122 valence electrons. The minimum absolute atomic E-state index is 0.0696. The van der Waals surface area contributed by atoms with Crippen LogP contribution in [0.5, 0.6) is 0 Å². The van der Waals surface area contributed by atoms with Crippen molar-refractivity contribution in [3.8, 4) is 0 Å². The predicted octanol–water partition coefficient (Wildman–Crippen LogP) is 2.80. The van der Waals surface area contributed by atoms with Crippen LogP contribution >= 0.6 is 0 Å². The molecule has 0 radical (unpaired) electrons. The maximum atomic E-state index is 12.1. The highest BCUT2D eigenvalue weighted by Gasteiger charge is 2.18. The molecule has 2 N–H and O–H groups in total. The third-order valence-electron chi connectivity index (χ3n) is 3.74. The zero-order valence-corrected chi connectivity index (χ0v) is 13.4. The lowest BCUT2D eigenvalue weighted by molar-refractivity contribution is -0.121. The summed E-state index contributed by atoms with van der Waals surface area (Å²) in [5.74, 6) is -0.318. The Kier molecular flexibility index (Phi) is 5.16. The first-order valence-electron chi connectivity index (χ1n) is 7.43. The van der Waals surface area contributed by atoms with Crippen LogP contribution < -0.4 is 5.32 Å². The summed E-state index contributed by atoms with van der Waals surface area (Å²) >= 11 is 0. The van der Waals surface area contributed by atoms with E-state index in [1.807, 2.05) is 20.8 Å². The maximum absolute atomic E-state index is 12.1. The first kappa shape index (κ1) is 16.7. The molecule has 2 rings (SSSR count). The van der Waals surface area contributed by atoms with Crippen molar-refractivity contribution < 1.29 is 19.2 Å². The van der Waals surface area contributed by atoms with E-state index in [2.05, 4.69) is 10.5 Å². The Morgan fingerprint density at radius 1 is 1.26 bits per heavy atom. The van der Waals surface area contributed by atoms with Crippen LogP contribution in [0, 0.1) is 13.8 Å². The number of aromatic nitrogens is 1. The number of nitrogens with zero attached hydrogens (tertiary/aromatic N) is 1. The largest absolute Gasteiger partial charge is 0.478 e. The summed E-state index contributed by atoms with van der Waals surface area (Å²) in [6.45, 7) is 5.56. The van der Waals surface area contributed by atoms with Gasteiger partial charge in [-0.05, 0) is 44.9 Å². The Morgan fingerprint density at radius 2 is 1.91 bits per heavy atom. The molecule has 23 heavy (non-hydrogen) atoms. The minimum atomic E-state index is -0.956. The first-order valence-corrected chi connectivity index (χ1v) is 7.43. The lowest BCUT2D eigenvalue weighted by atomic mass is 10.1. The lowest BCUT2D eigenvalue weighted by Gasteiger charge is -2.13. The normalized spacial score (nSPS) is 12.0. The van der Waals surface area contributed by atoms with Crippen molar-refractivity contribution in [2.45, 2.75) is 39.7 Å². The molecule has 6 heteroatoms. The van der Waals surface area contributed by atoms with Gasteiger partial charge in [0.1, 0.15) is 5.76 Å². The average molecular weight is 316 g/mol. The van der Waals surface area contributed by atoms with Gasteiger partial charge in [0, 0.05) is 12.0 Å². The number of carboxylic acids is 1. The molecule has 2 aromatic rings. The van der Waals surface area contributed by atoms with Crippen molar-refractivity contribution in [1.82, 2.24) is 10.5 Å². The number of rotatable bonds is 6. The van der Waals surface area contributed by atoms with Crippen molar-refractivity contribution in [2.24, 2.45) is 0 Å². The highest BCUT2D eigenvalue weighted by Crippen LogP contribution is 2.21. The molecule has 0 saturated carbocycles. The van der Waals surface area contributed by atoms with E-state index in [1.54, 1.807) is 24.3 Å². The number of carbonyl (C=O) groups is 2. The van der Waals surface area contributed by atoms with E-state index in [9.17, 15) is 9.59 Å². The number of carboxylic acid groups (broad SMARTS) is 1. The van der Waals surface area contributed by atoms with Gasteiger partial charge in [-0.3, -0.25) is 4.79 Å². The van der Waals surface area contributed by atoms with Gasteiger partial charge in [0.15, 0.2) is 0 Å². The fraction of sp³-hybridized carbons (Fsp3) is 0.353. The predicted molar refractivity (Wildman–Crippen MR) is 84.3 cm³/mol. The van der Waals surface area contributed by atoms with Gasteiger partial charge < -0.3 is 14.9 Å². The topological polar surface area (TPSA) is 92.4 Å². The highest BCUT2D eigenvalue weighted by atomic mass is 16.5. The van der Waals surface area contributed by atoms with Crippen molar-refractivity contribution in [1.29, 1.82) is 0 Å². The molecule has 1 atom stereocenters. The van der Waals surface area contributed by atoms with E-state index in [0.717, 1.165) is 16.8 Å². The summed E-state index contributed by atoms with van der Waals surface area (Å²) in [5.41, 5.74) is 2.85. The number of hydrogen-bond donors (Lipinski definition) is 2. The number of benzene rings is 1. The number of carbonyl (C=O) groups excluding carboxylic acids is 1. The van der Waals surface area contributed by atoms with Crippen LogP contribution in [0.3, 0.4) is 0 Å².